The van der Waals surface area contributed by atoms with Gasteiger partial charge in [-0.25, -0.2) is 0 Å². The summed E-state index contributed by atoms with van der Waals surface area (Å²) in [4.78, 5) is 2.49. The van der Waals surface area contributed by atoms with Crippen LogP contribution in [-0.4, -0.2) is 30.6 Å². The molecule has 0 radical (unpaired) electrons. The Morgan fingerprint density at radius 3 is 3.06 bits per heavy atom. The van der Waals surface area contributed by atoms with E-state index in [2.05, 4.69) is 35.7 Å². The molecule has 1 saturated heterocycles. The minimum absolute atomic E-state index is 0.674. The first-order chi connectivity index (χ1) is 8.74. The normalized spacial score (nSPS) is 20.2. The van der Waals surface area contributed by atoms with Crippen molar-refractivity contribution in [3.05, 3.63) is 28.8 Å². The maximum Gasteiger partial charge on any atom is 0.0410 e. The molecule has 1 aliphatic heterocycles. The van der Waals surface area contributed by atoms with Crippen LogP contribution in [0.15, 0.2) is 18.2 Å². The number of nitrogens with zero attached hydrogens (tertiary/aromatic N) is 1. The van der Waals surface area contributed by atoms with Gasteiger partial charge in [0.2, 0.25) is 0 Å². The summed E-state index contributed by atoms with van der Waals surface area (Å²) in [6.45, 7) is 5.21. The van der Waals surface area contributed by atoms with Crippen LogP contribution < -0.4 is 10.6 Å². The SMILES string of the molecule is CCC1CN(c2ccc(Cl)cc2CCN)CCS1. The molecule has 1 aliphatic rings. The fourth-order valence-electron chi connectivity index (χ4n) is 2.40. The maximum atomic E-state index is 6.08. The first-order valence-electron chi connectivity index (χ1n) is 6.59. The third-order valence-corrected chi connectivity index (χ3v) is 5.00. The monoisotopic (exact) mass is 284 g/mol. The van der Waals surface area contributed by atoms with Crippen molar-refractivity contribution in [2.45, 2.75) is 25.0 Å². The van der Waals surface area contributed by atoms with Crippen LogP contribution in [0.5, 0.6) is 0 Å². The van der Waals surface area contributed by atoms with Gasteiger partial charge >= 0.3 is 0 Å². The van der Waals surface area contributed by atoms with Crippen molar-refractivity contribution in [3.8, 4) is 0 Å². The van der Waals surface area contributed by atoms with E-state index in [1.165, 1.54) is 23.4 Å². The van der Waals surface area contributed by atoms with Crippen LogP contribution >= 0.6 is 23.4 Å². The van der Waals surface area contributed by atoms with Gasteiger partial charge in [0.1, 0.15) is 0 Å². The van der Waals surface area contributed by atoms with E-state index < -0.39 is 0 Å². The van der Waals surface area contributed by atoms with E-state index in [1.54, 1.807) is 0 Å². The van der Waals surface area contributed by atoms with Crippen molar-refractivity contribution in [1.82, 2.24) is 0 Å². The van der Waals surface area contributed by atoms with Gasteiger partial charge in [-0.1, -0.05) is 18.5 Å². The van der Waals surface area contributed by atoms with Crippen molar-refractivity contribution >= 4 is 29.1 Å². The second-order valence-electron chi connectivity index (χ2n) is 4.66. The number of nitrogens with two attached hydrogens (primary N) is 1. The molecule has 0 saturated carbocycles. The van der Waals surface area contributed by atoms with Crippen molar-refractivity contribution in [3.63, 3.8) is 0 Å². The molecular formula is C14H21ClN2S. The zero-order valence-corrected chi connectivity index (χ0v) is 12.4. The van der Waals surface area contributed by atoms with E-state index in [0.29, 0.717) is 6.54 Å². The van der Waals surface area contributed by atoms with Gasteiger partial charge in [-0.15, -0.1) is 0 Å². The predicted molar refractivity (Wildman–Crippen MR) is 83.0 cm³/mol. The average Bonchev–Trinajstić information content (AvgIpc) is 2.39. The molecule has 4 heteroatoms. The highest BCUT2D eigenvalue weighted by atomic mass is 35.5. The van der Waals surface area contributed by atoms with Crippen molar-refractivity contribution in [2.24, 2.45) is 5.73 Å². The molecule has 1 atom stereocenters. The van der Waals surface area contributed by atoms with Gasteiger partial charge in [-0.3, -0.25) is 0 Å². The third-order valence-electron chi connectivity index (χ3n) is 3.39. The molecule has 0 aliphatic carbocycles. The molecule has 1 aromatic carbocycles. The van der Waals surface area contributed by atoms with Crippen LogP contribution in [0.3, 0.4) is 0 Å². The lowest BCUT2D eigenvalue weighted by molar-refractivity contribution is 0.724. The fraction of sp³-hybridized carbons (Fsp3) is 0.571. The molecule has 1 unspecified atom stereocenters. The van der Waals surface area contributed by atoms with Gasteiger partial charge in [-0.05, 0) is 43.1 Å². The van der Waals surface area contributed by atoms with Crippen LogP contribution in [0.2, 0.25) is 5.02 Å². The Morgan fingerprint density at radius 1 is 1.50 bits per heavy atom. The Labute approximate surface area is 119 Å². The first kappa shape index (κ1) is 14.0. The topological polar surface area (TPSA) is 29.3 Å². The zero-order chi connectivity index (χ0) is 13.0. The second kappa shape index (κ2) is 6.69. The molecule has 2 nitrogen and oxygen atoms in total. The highest BCUT2D eigenvalue weighted by Gasteiger charge is 2.20. The quantitative estimate of drug-likeness (QED) is 0.921. The Kier molecular flexibility index (Phi) is 5.22. The Bertz CT molecular complexity index is 397. The van der Waals surface area contributed by atoms with Crippen molar-refractivity contribution < 1.29 is 0 Å². The Morgan fingerprint density at radius 2 is 2.33 bits per heavy atom. The lowest BCUT2D eigenvalue weighted by atomic mass is 10.1. The van der Waals surface area contributed by atoms with Crippen LogP contribution in [0.1, 0.15) is 18.9 Å². The molecular weight excluding hydrogens is 264 g/mol. The minimum Gasteiger partial charge on any atom is -0.369 e. The van der Waals surface area contributed by atoms with Gasteiger partial charge < -0.3 is 10.6 Å². The average molecular weight is 285 g/mol. The number of benzene rings is 1. The maximum absolute atomic E-state index is 6.08. The summed E-state index contributed by atoms with van der Waals surface area (Å²) in [6.07, 6.45) is 2.14. The van der Waals surface area contributed by atoms with E-state index >= 15 is 0 Å². The number of anilines is 1. The minimum atomic E-state index is 0.674. The highest BCUT2D eigenvalue weighted by molar-refractivity contribution is 8.00. The predicted octanol–water partition coefficient (Wildman–Crippen LogP) is 3.17. The number of rotatable bonds is 4. The molecule has 2 rings (SSSR count). The number of thioether (sulfide) groups is 1. The van der Waals surface area contributed by atoms with Gasteiger partial charge in [0.15, 0.2) is 0 Å². The van der Waals surface area contributed by atoms with Gasteiger partial charge in [0.25, 0.3) is 0 Å². The summed E-state index contributed by atoms with van der Waals surface area (Å²) in [5.41, 5.74) is 8.30. The van der Waals surface area contributed by atoms with E-state index in [1.807, 2.05) is 6.07 Å². The van der Waals surface area contributed by atoms with Crippen LogP contribution in [0.4, 0.5) is 5.69 Å². The standard InChI is InChI=1S/C14H21ClN2S/c1-2-13-10-17(7-8-18-13)14-4-3-12(15)9-11(14)5-6-16/h3-4,9,13H,2,5-8,10,16H2,1H3. The van der Waals surface area contributed by atoms with Crippen LogP contribution in [0, 0.1) is 0 Å². The van der Waals surface area contributed by atoms with E-state index in [-0.39, 0.29) is 0 Å². The van der Waals surface area contributed by atoms with Gasteiger partial charge in [0, 0.05) is 34.8 Å². The summed E-state index contributed by atoms with van der Waals surface area (Å²) < 4.78 is 0. The molecule has 18 heavy (non-hydrogen) atoms. The highest BCUT2D eigenvalue weighted by Crippen LogP contribution is 2.30. The molecule has 0 amide bonds. The lowest BCUT2D eigenvalue weighted by Crippen LogP contribution is -2.38. The number of halogens is 1. The van der Waals surface area contributed by atoms with Crippen molar-refractivity contribution in [2.75, 3.05) is 30.3 Å². The van der Waals surface area contributed by atoms with E-state index in [0.717, 1.165) is 29.8 Å². The van der Waals surface area contributed by atoms with E-state index in [4.69, 9.17) is 17.3 Å². The van der Waals surface area contributed by atoms with E-state index in [9.17, 15) is 0 Å². The summed E-state index contributed by atoms with van der Waals surface area (Å²) in [5, 5.41) is 1.56. The Balaban J connectivity index is 2.20. The van der Waals surface area contributed by atoms with Gasteiger partial charge in [-0.2, -0.15) is 11.8 Å². The fourth-order valence-corrected chi connectivity index (χ4v) is 3.78. The first-order valence-corrected chi connectivity index (χ1v) is 8.02. The molecule has 0 aromatic heterocycles. The van der Waals surface area contributed by atoms with Crippen LogP contribution in [-0.2, 0) is 6.42 Å². The molecule has 1 fully saturated rings. The molecule has 100 valence electrons. The lowest BCUT2D eigenvalue weighted by Gasteiger charge is -2.35. The Hall–Kier alpha value is -0.380. The molecule has 0 bridgehead atoms. The largest absolute Gasteiger partial charge is 0.369 e. The zero-order valence-electron chi connectivity index (χ0n) is 10.9. The summed E-state index contributed by atoms with van der Waals surface area (Å²) >= 11 is 8.18. The van der Waals surface area contributed by atoms with Gasteiger partial charge in [0.05, 0.1) is 0 Å². The summed E-state index contributed by atoms with van der Waals surface area (Å²) in [5.74, 6) is 1.21. The summed E-state index contributed by atoms with van der Waals surface area (Å²) in [7, 11) is 0. The summed E-state index contributed by atoms with van der Waals surface area (Å²) in [6, 6.07) is 6.20. The van der Waals surface area contributed by atoms with Crippen molar-refractivity contribution in [1.29, 1.82) is 0 Å². The number of hydrogen-bond donors (Lipinski definition) is 1. The smallest absolute Gasteiger partial charge is 0.0410 e. The van der Waals surface area contributed by atoms with Crippen LogP contribution in [0.25, 0.3) is 0 Å². The number of hydrogen-bond acceptors (Lipinski definition) is 3. The molecule has 1 aromatic rings. The third kappa shape index (κ3) is 3.34. The second-order valence-corrected chi connectivity index (χ2v) is 6.50. The molecule has 1 heterocycles. The molecule has 2 N–H and O–H groups in total. The molecule has 0 spiro atoms.